The monoisotopic (exact) mass is 421 g/mol. The molecule has 0 aliphatic carbocycles. The summed E-state index contributed by atoms with van der Waals surface area (Å²) in [6.45, 7) is 4.07. The maximum Gasteiger partial charge on any atom is 0.306 e. The second kappa shape index (κ2) is 8.52. The minimum atomic E-state index is -1.13. The summed E-state index contributed by atoms with van der Waals surface area (Å²) in [5.74, 6) is -1.72. The maximum atomic E-state index is 12.6. The third kappa shape index (κ3) is 4.32. The van der Waals surface area contributed by atoms with Gasteiger partial charge < -0.3 is 15.2 Å². The number of carbonyl (C=O) groups excluding carboxylic acids is 1. The van der Waals surface area contributed by atoms with E-state index in [1.54, 1.807) is 24.3 Å². The second-order valence-corrected chi connectivity index (χ2v) is 8.00. The SMILES string of the molecule is CC(C)C(c1ccccc1Cl)[C@@H]1O[C@@H](CC(=O)O)C(=O)Nc2ccc(Cl)cc21. The number of benzene rings is 2. The third-order valence-corrected chi connectivity index (χ3v) is 5.43. The summed E-state index contributed by atoms with van der Waals surface area (Å²) in [6, 6.07) is 12.6. The summed E-state index contributed by atoms with van der Waals surface area (Å²) in [7, 11) is 0. The van der Waals surface area contributed by atoms with E-state index in [2.05, 4.69) is 5.32 Å². The third-order valence-electron chi connectivity index (χ3n) is 4.85. The number of fused-ring (bicyclic) bond motifs is 1. The molecule has 0 saturated heterocycles. The normalized spacial score (nSPS) is 20.2. The number of anilines is 1. The van der Waals surface area contributed by atoms with E-state index in [4.69, 9.17) is 27.9 Å². The molecular formula is C21H21Cl2NO4. The molecule has 1 heterocycles. The van der Waals surface area contributed by atoms with Crippen molar-refractivity contribution in [2.24, 2.45) is 5.92 Å². The largest absolute Gasteiger partial charge is 0.481 e. The van der Waals surface area contributed by atoms with Crippen LogP contribution in [-0.2, 0) is 14.3 Å². The molecular weight excluding hydrogens is 401 g/mol. The standard InChI is InChI=1S/C21H21Cl2NO4/c1-11(2)19(13-5-3-4-6-15(13)23)20-14-9-12(22)7-8-16(14)24-21(27)17(28-20)10-18(25)26/h3-9,11,17,19-20H,10H2,1-2H3,(H,24,27)(H,25,26)/t17-,19?,20+/m0/s1. The number of carboxylic acid groups (broad SMARTS) is 1. The molecule has 2 aromatic carbocycles. The van der Waals surface area contributed by atoms with Gasteiger partial charge in [0.1, 0.15) is 6.10 Å². The first-order chi connectivity index (χ1) is 13.3. The molecule has 0 radical (unpaired) electrons. The van der Waals surface area contributed by atoms with Gasteiger partial charge in [0.25, 0.3) is 5.91 Å². The molecule has 1 aliphatic rings. The van der Waals surface area contributed by atoms with Gasteiger partial charge in [-0.1, -0.05) is 55.2 Å². The van der Waals surface area contributed by atoms with E-state index in [9.17, 15) is 14.7 Å². The van der Waals surface area contributed by atoms with Gasteiger partial charge in [-0.25, -0.2) is 0 Å². The lowest BCUT2D eigenvalue weighted by Gasteiger charge is -2.32. The molecule has 7 heteroatoms. The molecule has 0 aromatic heterocycles. The van der Waals surface area contributed by atoms with E-state index >= 15 is 0 Å². The van der Waals surface area contributed by atoms with Gasteiger partial charge in [-0.05, 0) is 35.7 Å². The molecule has 3 rings (SSSR count). The molecule has 2 aromatic rings. The van der Waals surface area contributed by atoms with Crippen LogP contribution in [0.4, 0.5) is 5.69 Å². The Kier molecular flexibility index (Phi) is 6.28. The van der Waals surface area contributed by atoms with Gasteiger partial charge in [-0.15, -0.1) is 0 Å². The van der Waals surface area contributed by atoms with Gasteiger partial charge >= 0.3 is 5.97 Å². The van der Waals surface area contributed by atoms with Gasteiger partial charge in [0.2, 0.25) is 0 Å². The van der Waals surface area contributed by atoms with Crippen molar-refractivity contribution < 1.29 is 19.4 Å². The molecule has 3 atom stereocenters. The topological polar surface area (TPSA) is 75.6 Å². The van der Waals surface area contributed by atoms with Crippen molar-refractivity contribution in [2.45, 2.75) is 38.4 Å². The number of carboxylic acids is 1. The maximum absolute atomic E-state index is 12.6. The van der Waals surface area contributed by atoms with Crippen LogP contribution >= 0.6 is 23.2 Å². The lowest BCUT2D eigenvalue weighted by Crippen LogP contribution is -2.33. The quantitative estimate of drug-likeness (QED) is 0.687. The fourth-order valence-electron chi connectivity index (χ4n) is 3.60. The molecule has 28 heavy (non-hydrogen) atoms. The Labute approximate surface area is 173 Å². The van der Waals surface area contributed by atoms with Gasteiger partial charge in [0.15, 0.2) is 0 Å². The van der Waals surface area contributed by atoms with E-state index in [1.807, 2.05) is 32.0 Å². The van der Waals surface area contributed by atoms with Crippen LogP contribution in [0.5, 0.6) is 0 Å². The fraction of sp³-hybridized carbons (Fsp3) is 0.333. The van der Waals surface area contributed by atoms with Crippen molar-refractivity contribution in [3.05, 3.63) is 63.6 Å². The van der Waals surface area contributed by atoms with Crippen molar-refractivity contribution in [1.29, 1.82) is 0 Å². The van der Waals surface area contributed by atoms with E-state index in [-0.39, 0.29) is 11.8 Å². The highest BCUT2D eigenvalue weighted by atomic mass is 35.5. The highest BCUT2D eigenvalue weighted by molar-refractivity contribution is 6.31. The molecule has 0 bridgehead atoms. The Morgan fingerprint density at radius 2 is 1.93 bits per heavy atom. The molecule has 0 fully saturated rings. The Hall–Kier alpha value is -2.08. The smallest absolute Gasteiger partial charge is 0.306 e. The Morgan fingerprint density at radius 1 is 1.21 bits per heavy atom. The number of amides is 1. The van der Waals surface area contributed by atoms with Crippen molar-refractivity contribution in [3.63, 3.8) is 0 Å². The molecule has 0 saturated carbocycles. The molecule has 2 N–H and O–H groups in total. The second-order valence-electron chi connectivity index (χ2n) is 7.16. The Balaban J connectivity index is 2.15. The van der Waals surface area contributed by atoms with Crippen LogP contribution in [0.15, 0.2) is 42.5 Å². The summed E-state index contributed by atoms with van der Waals surface area (Å²) in [4.78, 5) is 23.9. The predicted molar refractivity (Wildman–Crippen MR) is 109 cm³/mol. The number of hydrogen-bond acceptors (Lipinski definition) is 3. The van der Waals surface area contributed by atoms with Gasteiger partial charge in [-0.2, -0.15) is 0 Å². The Bertz CT molecular complexity index is 900. The summed E-state index contributed by atoms with van der Waals surface area (Å²) >= 11 is 12.7. The average molecular weight is 422 g/mol. The fourth-order valence-corrected chi connectivity index (χ4v) is 4.05. The minimum absolute atomic E-state index is 0.0930. The summed E-state index contributed by atoms with van der Waals surface area (Å²) in [5.41, 5.74) is 2.14. The first-order valence-corrected chi connectivity index (χ1v) is 9.75. The molecule has 148 valence electrons. The summed E-state index contributed by atoms with van der Waals surface area (Å²) < 4.78 is 6.14. The van der Waals surface area contributed by atoms with Gasteiger partial charge in [0.05, 0.1) is 12.5 Å². The molecule has 1 amide bonds. The van der Waals surface area contributed by atoms with E-state index < -0.39 is 30.5 Å². The van der Waals surface area contributed by atoms with Crippen molar-refractivity contribution >= 4 is 40.8 Å². The number of aliphatic carboxylic acids is 1. The first-order valence-electron chi connectivity index (χ1n) is 9.00. The number of carbonyl (C=O) groups is 2. The van der Waals surface area contributed by atoms with Crippen LogP contribution in [0.3, 0.4) is 0 Å². The van der Waals surface area contributed by atoms with Crippen LogP contribution < -0.4 is 5.32 Å². The van der Waals surface area contributed by atoms with E-state index in [0.717, 1.165) is 5.56 Å². The molecule has 1 aliphatic heterocycles. The molecule has 5 nitrogen and oxygen atoms in total. The molecule has 0 spiro atoms. The number of ether oxygens (including phenoxy) is 1. The van der Waals surface area contributed by atoms with Crippen LogP contribution in [0, 0.1) is 5.92 Å². The summed E-state index contributed by atoms with van der Waals surface area (Å²) in [5, 5.41) is 13.1. The van der Waals surface area contributed by atoms with Crippen LogP contribution in [0.25, 0.3) is 0 Å². The summed E-state index contributed by atoms with van der Waals surface area (Å²) in [6.07, 6.45) is -2.16. The highest BCUT2D eigenvalue weighted by Gasteiger charge is 2.38. The lowest BCUT2D eigenvalue weighted by molar-refractivity contribution is -0.148. The Morgan fingerprint density at radius 3 is 2.57 bits per heavy atom. The van der Waals surface area contributed by atoms with Gasteiger partial charge in [0, 0.05) is 27.2 Å². The molecule has 1 unspecified atom stereocenters. The average Bonchev–Trinajstić information content (AvgIpc) is 2.74. The van der Waals surface area contributed by atoms with Crippen molar-refractivity contribution in [1.82, 2.24) is 0 Å². The van der Waals surface area contributed by atoms with Crippen LogP contribution in [-0.4, -0.2) is 23.1 Å². The number of halogens is 2. The predicted octanol–water partition coefficient (Wildman–Crippen LogP) is 5.29. The van der Waals surface area contributed by atoms with E-state index in [0.29, 0.717) is 21.3 Å². The van der Waals surface area contributed by atoms with E-state index in [1.165, 1.54) is 0 Å². The van der Waals surface area contributed by atoms with Crippen molar-refractivity contribution in [2.75, 3.05) is 5.32 Å². The zero-order chi connectivity index (χ0) is 20.4. The minimum Gasteiger partial charge on any atom is -0.481 e. The highest BCUT2D eigenvalue weighted by Crippen LogP contribution is 2.46. The zero-order valence-corrected chi connectivity index (χ0v) is 17.0. The zero-order valence-electron chi connectivity index (χ0n) is 15.5. The van der Waals surface area contributed by atoms with Gasteiger partial charge in [-0.3, -0.25) is 9.59 Å². The van der Waals surface area contributed by atoms with Crippen LogP contribution in [0.1, 0.15) is 43.4 Å². The number of rotatable bonds is 5. The number of nitrogens with one attached hydrogen (secondary N) is 1. The first kappa shape index (κ1) is 20.6. The van der Waals surface area contributed by atoms with Crippen molar-refractivity contribution in [3.8, 4) is 0 Å². The number of hydrogen-bond donors (Lipinski definition) is 2. The van der Waals surface area contributed by atoms with Crippen LogP contribution in [0.2, 0.25) is 10.0 Å². The lowest BCUT2D eigenvalue weighted by atomic mass is 9.80.